The van der Waals surface area contributed by atoms with Crippen molar-refractivity contribution in [3.63, 3.8) is 0 Å². The Bertz CT molecular complexity index is 492. The van der Waals surface area contributed by atoms with E-state index in [2.05, 4.69) is 15.9 Å². The van der Waals surface area contributed by atoms with Crippen molar-refractivity contribution >= 4 is 28.6 Å². The van der Waals surface area contributed by atoms with Crippen LogP contribution >= 0.6 is 15.9 Å². The second-order valence-corrected chi connectivity index (χ2v) is 3.88. The minimum Gasteiger partial charge on any atom is -0.448 e. The summed E-state index contributed by atoms with van der Waals surface area (Å²) >= 11 is 2.80. The van der Waals surface area contributed by atoms with Gasteiger partial charge in [-0.15, -0.1) is 0 Å². The zero-order chi connectivity index (χ0) is 12.5. The summed E-state index contributed by atoms with van der Waals surface area (Å²) in [6.45, 7) is -5.23. The molecule has 0 saturated carbocycles. The number of hydrogen-bond acceptors (Lipinski definition) is 3. The second kappa shape index (κ2) is 6.48. The Morgan fingerprint density at radius 3 is 2.41 bits per heavy atom. The van der Waals surface area contributed by atoms with Crippen LogP contribution in [0.15, 0.2) is 21.5 Å². The Balaban J connectivity index is 0.00000256. The van der Waals surface area contributed by atoms with Crippen LogP contribution < -0.4 is 56.9 Å². The fourth-order valence-corrected chi connectivity index (χ4v) is 1.54. The zero-order valence-corrected chi connectivity index (χ0v) is 13.3. The van der Waals surface area contributed by atoms with Crippen molar-refractivity contribution in [2.75, 3.05) is 0 Å². The van der Waals surface area contributed by atoms with E-state index in [1.165, 1.54) is 0 Å². The molecule has 0 fully saturated rings. The molecule has 1 rings (SSSR count). The van der Waals surface area contributed by atoms with Crippen molar-refractivity contribution in [2.24, 2.45) is 0 Å². The number of nitrogens with zero attached hydrogens (tertiary/aromatic N) is 2. The number of halogens is 4. The Morgan fingerprint density at radius 2 is 2.00 bits per heavy atom. The first-order valence-electron chi connectivity index (χ1n) is 3.96. The molecule has 0 spiro atoms. The molecule has 0 aromatic carbocycles. The Labute approximate surface area is 144 Å². The van der Waals surface area contributed by atoms with Crippen LogP contribution in [0.25, 0.3) is 0 Å². The van der Waals surface area contributed by atoms with Crippen LogP contribution in [-0.2, 0) is 6.44 Å². The van der Waals surface area contributed by atoms with Gasteiger partial charge in [-0.25, -0.2) is 0 Å². The number of pyridine rings is 1. The Morgan fingerprint density at radius 1 is 1.47 bits per heavy atom. The van der Waals surface area contributed by atoms with Gasteiger partial charge in [0.1, 0.15) is 0 Å². The quantitative estimate of drug-likeness (QED) is 0.399. The van der Waals surface area contributed by atoms with E-state index in [1.54, 1.807) is 0 Å². The fraction of sp³-hybridized carbons (Fsp3) is 0.167. The molecule has 11 heteroatoms. The van der Waals surface area contributed by atoms with E-state index in [0.29, 0.717) is 0 Å². The molecule has 0 N–H and O–H groups in total. The molecule has 0 atom stereocenters. The van der Waals surface area contributed by atoms with Gasteiger partial charge in [0.2, 0.25) is 0 Å². The topological polar surface area (TPSA) is 65.1 Å². The minimum absolute atomic E-state index is 0. The average Bonchev–Trinajstić information content (AvgIpc) is 2.07. The van der Waals surface area contributed by atoms with Crippen LogP contribution in [-0.4, -0.2) is 16.5 Å². The molecule has 0 aliphatic heterocycles. The van der Waals surface area contributed by atoms with Crippen molar-refractivity contribution < 1.29 is 69.3 Å². The predicted molar refractivity (Wildman–Crippen MR) is 54.1 cm³/mol. The smallest absolute Gasteiger partial charge is 0.448 e. The number of nitro groups is 1. The van der Waals surface area contributed by atoms with Crippen LogP contribution in [0, 0.1) is 10.1 Å². The molecular formula is C6H4BBrF3KN2O3. The number of rotatable bonds is 3. The van der Waals surface area contributed by atoms with Gasteiger partial charge in [0, 0.05) is 16.7 Å². The molecule has 0 unspecified atom stereocenters. The van der Waals surface area contributed by atoms with Gasteiger partial charge < -0.3 is 17.5 Å². The van der Waals surface area contributed by atoms with Gasteiger partial charge in [-0.05, 0) is 22.4 Å². The summed E-state index contributed by atoms with van der Waals surface area (Å²) in [5.41, 5.74) is -2.16. The van der Waals surface area contributed by atoms with Gasteiger partial charge in [0.15, 0.2) is 0 Å². The number of aromatic nitrogens is 1. The monoisotopic (exact) mass is 338 g/mol. The first-order chi connectivity index (χ1) is 7.20. The molecule has 0 radical (unpaired) electrons. The largest absolute Gasteiger partial charge is 1.00 e. The molecular weight excluding hydrogens is 335 g/mol. The van der Waals surface area contributed by atoms with Crippen molar-refractivity contribution in [3.05, 3.63) is 37.2 Å². The summed E-state index contributed by atoms with van der Waals surface area (Å²) in [7, 11) is 0. The van der Waals surface area contributed by atoms with E-state index < -0.39 is 29.6 Å². The van der Waals surface area contributed by atoms with E-state index in [9.17, 15) is 27.9 Å². The third-order valence-electron chi connectivity index (χ3n) is 1.63. The molecule has 88 valence electrons. The maximum atomic E-state index is 12.1. The minimum atomic E-state index is -5.23. The summed E-state index contributed by atoms with van der Waals surface area (Å²) in [4.78, 5) is 20.6. The zero-order valence-electron chi connectivity index (χ0n) is 8.57. The Kier molecular flexibility index (Phi) is 6.60. The van der Waals surface area contributed by atoms with E-state index in [4.69, 9.17) is 0 Å². The molecule has 1 heterocycles. The van der Waals surface area contributed by atoms with Gasteiger partial charge in [-0.3, -0.25) is 14.9 Å². The number of hydrogen-bond donors (Lipinski definition) is 0. The second-order valence-electron chi connectivity index (χ2n) is 2.97. The summed E-state index contributed by atoms with van der Waals surface area (Å²) in [5.74, 6) is 0. The predicted octanol–water partition coefficient (Wildman–Crippen LogP) is -1.09. The SMILES string of the molecule is O=c1c([N+](=O)[O-])cc(Br)cn1C[B-](F)(F)F.[K+]. The van der Waals surface area contributed by atoms with Crippen LogP contribution in [0.5, 0.6) is 0 Å². The van der Waals surface area contributed by atoms with Gasteiger partial charge in [-0.1, -0.05) is 0 Å². The Hall–Kier alpha value is 0.321. The van der Waals surface area contributed by atoms with Crippen molar-refractivity contribution in [1.82, 2.24) is 4.57 Å². The first-order valence-corrected chi connectivity index (χ1v) is 4.75. The molecule has 1 aromatic rings. The molecule has 5 nitrogen and oxygen atoms in total. The van der Waals surface area contributed by atoms with Crippen LogP contribution in [0.3, 0.4) is 0 Å². The first kappa shape index (κ1) is 17.3. The molecule has 0 aliphatic rings. The molecule has 0 amide bonds. The van der Waals surface area contributed by atoms with Gasteiger partial charge in [0.25, 0.3) is 0 Å². The summed E-state index contributed by atoms with van der Waals surface area (Å²) in [6, 6.07) is 0.863. The summed E-state index contributed by atoms with van der Waals surface area (Å²) in [5, 5.41) is 10.4. The van der Waals surface area contributed by atoms with E-state index in [-0.39, 0.29) is 60.4 Å². The third kappa shape index (κ3) is 5.22. The average molecular weight is 339 g/mol. The molecule has 1 aromatic heterocycles. The fourth-order valence-electron chi connectivity index (χ4n) is 1.07. The third-order valence-corrected chi connectivity index (χ3v) is 2.07. The van der Waals surface area contributed by atoms with E-state index in [0.717, 1.165) is 12.3 Å². The normalized spacial score (nSPS) is 10.8. The molecule has 0 saturated heterocycles. The van der Waals surface area contributed by atoms with Gasteiger partial charge in [-0.2, -0.15) is 0 Å². The molecule has 0 aliphatic carbocycles. The summed E-state index contributed by atoms with van der Waals surface area (Å²) < 4.78 is 36.6. The standard InChI is InChI=1S/C6H4BBrF3N2O3.K/c8-4-1-5(13(15)16)6(14)12(2-4)3-7(9,10)11;/h1-2H,3H2;/q-1;+1. The molecule has 0 bridgehead atoms. The van der Waals surface area contributed by atoms with Crippen LogP contribution in [0.2, 0.25) is 0 Å². The van der Waals surface area contributed by atoms with Gasteiger partial charge in [0.05, 0.1) is 4.92 Å². The van der Waals surface area contributed by atoms with Crippen LogP contribution in [0.4, 0.5) is 18.6 Å². The van der Waals surface area contributed by atoms with Gasteiger partial charge >= 0.3 is 69.6 Å². The van der Waals surface area contributed by atoms with Crippen molar-refractivity contribution in [2.45, 2.75) is 6.44 Å². The van der Waals surface area contributed by atoms with Crippen molar-refractivity contribution in [1.29, 1.82) is 0 Å². The maximum Gasteiger partial charge on any atom is 1.00 e. The van der Waals surface area contributed by atoms with Crippen LogP contribution in [0.1, 0.15) is 0 Å². The molecule has 17 heavy (non-hydrogen) atoms. The maximum absolute atomic E-state index is 12.1. The van der Waals surface area contributed by atoms with E-state index in [1.807, 2.05) is 0 Å². The summed E-state index contributed by atoms with van der Waals surface area (Å²) in [6.07, 6.45) is -0.635. The van der Waals surface area contributed by atoms with Crippen molar-refractivity contribution in [3.8, 4) is 0 Å². The van der Waals surface area contributed by atoms with E-state index >= 15 is 0 Å².